The molecule has 0 saturated carbocycles. The van der Waals surface area contributed by atoms with Crippen LogP contribution in [0, 0.1) is 0 Å². The standard InChI is InChI=1S/C11H15N3OS/c1-3-7-15-11-10(12-16-13-11)9-5-4-6-14(2)8-9/h3,5H,1,4,6-8H2,2H3. The van der Waals surface area contributed by atoms with Crippen LogP contribution in [0.1, 0.15) is 12.1 Å². The molecule has 5 heteroatoms. The predicted octanol–water partition coefficient (Wildman–Crippen LogP) is 1.82. The molecule has 16 heavy (non-hydrogen) atoms. The Morgan fingerprint density at radius 3 is 3.25 bits per heavy atom. The maximum Gasteiger partial charge on any atom is 0.253 e. The lowest BCUT2D eigenvalue weighted by atomic mass is 10.1. The largest absolute Gasteiger partial charge is 0.471 e. The van der Waals surface area contributed by atoms with Crippen molar-refractivity contribution in [1.82, 2.24) is 13.6 Å². The summed E-state index contributed by atoms with van der Waals surface area (Å²) in [6.45, 7) is 6.11. The third-order valence-corrected chi connectivity index (χ3v) is 2.95. The monoisotopic (exact) mass is 237 g/mol. The van der Waals surface area contributed by atoms with E-state index in [1.165, 1.54) is 17.3 Å². The van der Waals surface area contributed by atoms with Crippen LogP contribution >= 0.6 is 11.7 Å². The van der Waals surface area contributed by atoms with E-state index in [1.807, 2.05) is 0 Å². The minimum Gasteiger partial charge on any atom is -0.471 e. The summed E-state index contributed by atoms with van der Waals surface area (Å²) < 4.78 is 13.9. The van der Waals surface area contributed by atoms with Gasteiger partial charge in [0.2, 0.25) is 0 Å². The smallest absolute Gasteiger partial charge is 0.253 e. The summed E-state index contributed by atoms with van der Waals surface area (Å²) in [6, 6.07) is 0. The van der Waals surface area contributed by atoms with Gasteiger partial charge in [-0.2, -0.15) is 4.37 Å². The fraction of sp³-hybridized carbons (Fsp3) is 0.455. The molecule has 2 heterocycles. The molecule has 0 atom stereocenters. The molecule has 0 aromatic carbocycles. The van der Waals surface area contributed by atoms with Crippen molar-refractivity contribution in [2.75, 3.05) is 26.7 Å². The van der Waals surface area contributed by atoms with Crippen LogP contribution in [0.25, 0.3) is 5.57 Å². The second kappa shape index (κ2) is 5.23. The summed E-state index contributed by atoms with van der Waals surface area (Å²) in [7, 11) is 2.11. The van der Waals surface area contributed by atoms with Gasteiger partial charge in [-0.25, -0.2) is 0 Å². The van der Waals surface area contributed by atoms with E-state index in [0.717, 1.165) is 25.2 Å². The molecule has 0 bridgehead atoms. The van der Waals surface area contributed by atoms with Gasteiger partial charge in [0.05, 0.1) is 11.7 Å². The van der Waals surface area contributed by atoms with Crippen LogP contribution in [0.5, 0.6) is 5.88 Å². The first kappa shape index (κ1) is 11.3. The average Bonchev–Trinajstić information content (AvgIpc) is 2.74. The van der Waals surface area contributed by atoms with Crippen LogP contribution in [0.2, 0.25) is 0 Å². The van der Waals surface area contributed by atoms with Crippen molar-refractivity contribution < 1.29 is 4.74 Å². The second-order valence-corrected chi connectivity index (χ2v) is 4.30. The van der Waals surface area contributed by atoms with Gasteiger partial charge >= 0.3 is 0 Å². The van der Waals surface area contributed by atoms with Crippen molar-refractivity contribution in [2.24, 2.45) is 0 Å². The zero-order chi connectivity index (χ0) is 11.4. The van der Waals surface area contributed by atoms with Crippen molar-refractivity contribution in [1.29, 1.82) is 0 Å². The fourth-order valence-corrected chi connectivity index (χ4v) is 2.21. The predicted molar refractivity (Wildman–Crippen MR) is 65.7 cm³/mol. The highest BCUT2D eigenvalue weighted by Crippen LogP contribution is 2.26. The quantitative estimate of drug-likeness (QED) is 0.749. The van der Waals surface area contributed by atoms with Crippen LogP contribution in [-0.2, 0) is 0 Å². The van der Waals surface area contributed by atoms with Crippen LogP contribution in [0.3, 0.4) is 0 Å². The molecule has 1 aromatic rings. The van der Waals surface area contributed by atoms with Crippen molar-refractivity contribution in [3.8, 4) is 5.88 Å². The summed E-state index contributed by atoms with van der Waals surface area (Å²) in [5, 5.41) is 0. The molecule has 4 nitrogen and oxygen atoms in total. The number of rotatable bonds is 4. The molecule has 0 aliphatic carbocycles. The number of likely N-dealkylation sites (N-methyl/N-ethyl adjacent to an activating group) is 1. The van der Waals surface area contributed by atoms with Crippen molar-refractivity contribution in [3.63, 3.8) is 0 Å². The lowest BCUT2D eigenvalue weighted by molar-refractivity contribution is 0.347. The van der Waals surface area contributed by atoms with Gasteiger partial charge in [-0.05, 0) is 19.0 Å². The third-order valence-electron chi connectivity index (χ3n) is 2.44. The summed E-state index contributed by atoms with van der Waals surface area (Å²) in [5.74, 6) is 0.631. The zero-order valence-electron chi connectivity index (χ0n) is 9.35. The van der Waals surface area contributed by atoms with Gasteiger partial charge in [0.15, 0.2) is 0 Å². The molecule has 1 aliphatic rings. The Labute approximate surface area is 99.6 Å². The molecular formula is C11H15N3OS. The van der Waals surface area contributed by atoms with Crippen LogP contribution in [0.4, 0.5) is 0 Å². The number of nitrogens with zero attached hydrogens (tertiary/aromatic N) is 3. The molecule has 2 rings (SSSR count). The Morgan fingerprint density at radius 2 is 2.50 bits per heavy atom. The fourth-order valence-electron chi connectivity index (χ4n) is 1.67. The lowest BCUT2D eigenvalue weighted by Crippen LogP contribution is -2.25. The first-order valence-electron chi connectivity index (χ1n) is 5.25. The Kier molecular flexibility index (Phi) is 3.69. The van der Waals surface area contributed by atoms with Gasteiger partial charge in [0.1, 0.15) is 12.3 Å². The van der Waals surface area contributed by atoms with Gasteiger partial charge in [-0.3, -0.25) is 0 Å². The maximum absolute atomic E-state index is 5.47. The van der Waals surface area contributed by atoms with E-state index in [4.69, 9.17) is 4.74 Å². The summed E-state index contributed by atoms with van der Waals surface area (Å²) >= 11 is 1.19. The number of hydrogen-bond donors (Lipinski definition) is 0. The Bertz CT molecular complexity index is 400. The van der Waals surface area contributed by atoms with E-state index in [0.29, 0.717) is 12.5 Å². The Balaban J connectivity index is 2.16. The summed E-state index contributed by atoms with van der Waals surface area (Å²) in [4.78, 5) is 2.27. The van der Waals surface area contributed by atoms with E-state index < -0.39 is 0 Å². The van der Waals surface area contributed by atoms with Crippen LogP contribution in [0.15, 0.2) is 18.7 Å². The van der Waals surface area contributed by atoms with Gasteiger partial charge in [0, 0.05) is 13.1 Å². The molecule has 0 fully saturated rings. The average molecular weight is 237 g/mol. The molecule has 0 unspecified atom stereocenters. The summed E-state index contributed by atoms with van der Waals surface area (Å²) in [5.41, 5.74) is 2.10. The molecular weight excluding hydrogens is 222 g/mol. The molecule has 0 spiro atoms. The van der Waals surface area contributed by atoms with Gasteiger partial charge < -0.3 is 9.64 Å². The topological polar surface area (TPSA) is 38.3 Å². The van der Waals surface area contributed by atoms with Crippen LogP contribution in [-0.4, -0.2) is 40.4 Å². The highest BCUT2D eigenvalue weighted by Gasteiger charge is 2.17. The minimum atomic E-state index is 0.474. The van der Waals surface area contributed by atoms with E-state index in [9.17, 15) is 0 Å². The molecule has 0 saturated heterocycles. The second-order valence-electron chi connectivity index (χ2n) is 3.77. The molecule has 0 N–H and O–H groups in total. The number of hydrogen-bond acceptors (Lipinski definition) is 5. The van der Waals surface area contributed by atoms with Gasteiger partial charge in [-0.15, -0.1) is 4.37 Å². The third kappa shape index (κ3) is 2.48. The highest BCUT2D eigenvalue weighted by molar-refractivity contribution is 6.99. The number of aromatic nitrogens is 2. The zero-order valence-corrected chi connectivity index (χ0v) is 10.2. The molecule has 0 radical (unpaired) electrons. The van der Waals surface area contributed by atoms with Gasteiger partial charge in [0.25, 0.3) is 5.88 Å². The van der Waals surface area contributed by atoms with Crippen molar-refractivity contribution in [2.45, 2.75) is 6.42 Å². The maximum atomic E-state index is 5.47. The van der Waals surface area contributed by atoms with E-state index >= 15 is 0 Å². The Hall–Kier alpha value is -1.20. The van der Waals surface area contributed by atoms with E-state index in [-0.39, 0.29) is 0 Å². The SMILES string of the molecule is C=CCOc1nsnc1C1=CCCN(C)C1. The van der Waals surface area contributed by atoms with Crippen molar-refractivity contribution in [3.05, 3.63) is 24.4 Å². The van der Waals surface area contributed by atoms with Crippen LogP contribution < -0.4 is 4.74 Å². The van der Waals surface area contributed by atoms with Crippen molar-refractivity contribution >= 4 is 17.3 Å². The molecule has 1 aliphatic heterocycles. The summed E-state index contributed by atoms with van der Waals surface area (Å²) in [6.07, 6.45) is 4.99. The molecule has 86 valence electrons. The lowest BCUT2D eigenvalue weighted by Gasteiger charge is -2.21. The first-order valence-corrected chi connectivity index (χ1v) is 5.98. The normalized spacial score (nSPS) is 16.9. The van der Waals surface area contributed by atoms with E-state index in [2.05, 4.69) is 33.3 Å². The number of ether oxygens (including phenoxy) is 1. The minimum absolute atomic E-state index is 0.474. The molecule has 1 aromatic heterocycles. The first-order chi connectivity index (χ1) is 7.81. The van der Waals surface area contributed by atoms with E-state index in [1.54, 1.807) is 6.08 Å². The highest BCUT2D eigenvalue weighted by atomic mass is 32.1. The van der Waals surface area contributed by atoms with Gasteiger partial charge in [-0.1, -0.05) is 18.7 Å². The molecule has 0 amide bonds. The Morgan fingerprint density at radius 1 is 1.62 bits per heavy atom.